The molecule has 0 bridgehead atoms. The molecular weight excluding hydrogens is 340 g/mol. The fourth-order valence-electron chi connectivity index (χ4n) is 2.48. The number of halogens is 1. The topological polar surface area (TPSA) is 101 Å². The van der Waals surface area contributed by atoms with E-state index in [1.807, 2.05) is 39.0 Å². The highest BCUT2D eigenvalue weighted by atomic mass is 35.5. The van der Waals surface area contributed by atoms with Crippen LogP contribution in [0.1, 0.15) is 39.4 Å². The summed E-state index contributed by atoms with van der Waals surface area (Å²) in [5.41, 5.74) is 5.92. The Morgan fingerprint density at radius 2 is 2.04 bits per heavy atom. The number of aromatic amines is 1. The largest absolute Gasteiger partial charge is 0.349 e. The molecule has 0 aliphatic heterocycles. The first-order valence-corrected chi connectivity index (χ1v) is 8.35. The fraction of sp³-hybridized carbons (Fsp3) is 0.500. The van der Waals surface area contributed by atoms with Crippen molar-refractivity contribution in [2.75, 3.05) is 6.54 Å². The van der Waals surface area contributed by atoms with E-state index in [2.05, 4.69) is 15.3 Å². The Hall–Kier alpha value is -1.92. The molecule has 2 rings (SSSR count). The second-order valence-corrected chi connectivity index (χ2v) is 6.71. The van der Waals surface area contributed by atoms with Crippen LogP contribution in [0.25, 0.3) is 10.9 Å². The second kappa shape index (κ2) is 8.97. The maximum atomic E-state index is 12.1. The third-order valence-electron chi connectivity index (χ3n) is 4.60. The maximum Gasteiger partial charge on any atom is 0.258 e. The number of benzene rings is 1. The number of carbonyl (C=O) groups is 1. The number of nitrogens with one attached hydrogen (secondary N) is 2. The van der Waals surface area contributed by atoms with Gasteiger partial charge in [-0.05, 0) is 31.4 Å². The van der Waals surface area contributed by atoms with Crippen molar-refractivity contribution in [3.8, 4) is 0 Å². The number of amides is 1. The Bertz CT molecular complexity index is 775. The summed E-state index contributed by atoms with van der Waals surface area (Å²) in [5.74, 6) is 0.835. The third kappa shape index (κ3) is 5.28. The van der Waals surface area contributed by atoms with Crippen molar-refractivity contribution in [2.45, 2.75) is 45.6 Å². The second-order valence-electron chi connectivity index (χ2n) is 6.71. The van der Waals surface area contributed by atoms with Gasteiger partial charge in [-0.15, -0.1) is 12.4 Å². The highest BCUT2D eigenvalue weighted by Gasteiger charge is 2.28. The number of fused-ring (bicyclic) bond motifs is 1. The van der Waals surface area contributed by atoms with E-state index in [0.29, 0.717) is 42.5 Å². The van der Waals surface area contributed by atoms with Crippen LogP contribution in [0.2, 0.25) is 0 Å². The van der Waals surface area contributed by atoms with Crippen molar-refractivity contribution in [2.24, 2.45) is 11.7 Å². The summed E-state index contributed by atoms with van der Waals surface area (Å²) in [5, 5.41) is 3.59. The van der Waals surface area contributed by atoms with Gasteiger partial charge in [0.05, 0.1) is 16.4 Å². The van der Waals surface area contributed by atoms with Gasteiger partial charge in [-0.3, -0.25) is 9.59 Å². The predicted octanol–water partition coefficient (Wildman–Crippen LogP) is 2.16. The number of hydrogen-bond donors (Lipinski definition) is 3. The molecule has 0 aliphatic rings. The van der Waals surface area contributed by atoms with Gasteiger partial charge in [-0.2, -0.15) is 0 Å². The van der Waals surface area contributed by atoms with E-state index in [0.717, 1.165) is 0 Å². The quantitative estimate of drug-likeness (QED) is 0.698. The molecular formula is C18H27ClN4O2. The van der Waals surface area contributed by atoms with E-state index >= 15 is 0 Å². The van der Waals surface area contributed by atoms with Gasteiger partial charge in [0.15, 0.2) is 0 Å². The smallest absolute Gasteiger partial charge is 0.258 e. The van der Waals surface area contributed by atoms with Crippen molar-refractivity contribution in [1.29, 1.82) is 0 Å². The zero-order valence-corrected chi connectivity index (χ0v) is 15.8. The summed E-state index contributed by atoms with van der Waals surface area (Å²) >= 11 is 0. The van der Waals surface area contributed by atoms with E-state index in [1.165, 1.54) is 0 Å². The lowest BCUT2D eigenvalue weighted by Crippen LogP contribution is -2.54. The molecule has 1 aromatic carbocycles. The molecule has 1 atom stereocenters. The molecule has 6 nitrogen and oxygen atoms in total. The van der Waals surface area contributed by atoms with Crippen molar-refractivity contribution >= 4 is 29.2 Å². The molecule has 1 heterocycles. The molecule has 4 N–H and O–H groups in total. The number of rotatable bonds is 7. The van der Waals surface area contributed by atoms with E-state index in [9.17, 15) is 9.59 Å². The number of nitrogens with zero attached hydrogens (tertiary/aromatic N) is 1. The summed E-state index contributed by atoms with van der Waals surface area (Å²) in [6.45, 7) is 6.43. The first-order valence-electron chi connectivity index (χ1n) is 8.35. The number of carbonyl (C=O) groups excluding carboxylic acids is 1. The number of aromatic nitrogens is 2. The number of para-hydroxylation sites is 1. The van der Waals surface area contributed by atoms with Gasteiger partial charge in [-0.25, -0.2) is 4.98 Å². The molecule has 1 unspecified atom stereocenters. The molecule has 0 spiro atoms. The minimum atomic E-state index is -0.396. The van der Waals surface area contributed by atoms with E-state index in [-0.39, 0.29) is 29.8 Å². The summed E-state index contributed by atoms with van der Waals surface area (Å²) in [7, 11) is 0. The lowest BCUT2D eigenvalue weighted by Gasteiger charge is -2.33. The molecule has 138 valence electrons. The lowest BCUT2D eigenvalue weighted by molar-refractivity contribution is -0.123. The molecule has 7 heteroatoms. The number of aryl methyl sites for hydroxylation is 1. The zero-order valence-electron chi connectivity index (χ0n) is 15.0. The van der Waals surface area contributed by atoms with E-state index in [4.69, 9.17) is 5.73 Å². The highest BCUT2D eigenvalue weighted by Crippen LogP contribution is 2.15. The molecule has 0 radical (unpaired) electrons. The van der Waals surface area contributed by atoms with Crippen molar-refractivity contribution < 1.29 is 4.79 Å². The maximum absolute atomic E-state index is 12.1. The zero-order chi connectivity index (χ0) is 17.7. The van der Waals surface area contributed by atoms with Gasteiger partial charge in [-0.1, -0.05) is 26.0 Å². The highest BCUT2D eigenvalue weighted by molar-refractivity contribution is 5.85. The van der Waals surface area contributed by atoms with Crippen molar-refractivity contribution in [1.82, 2.24) is 15.3 Å². The van der Waals surface area contributed by atoms with Crippen LogP contribution in [0.3, 0.4) is 0 Å². The molecule has 25 heavy (non-hydrogen) atoms. The molecule has 0 fully saturated rings. The monoisotopic (exact) mass is 366 g/mol. The molecule has 0 aliphatic carbocycles. The fourth-order valence-corrected chi connectivity index (χ4v) is 2.48. The van der Waals surface area contributed by atoms with Crippen molar-refractivity contribution in [3.63, 3.8) is 0 Å². The minimum absolute atomic E-state index is 0. The van der Waals surface area contributed by atoms with Gasteiger partial charge in [0.25, 0.3) is 5.56 Å². The van der Waals surface area contributed by atoms with Crippen molar-refractivity contribution in [3.05, 3.63) is 40.4 Å². The van der Waals surface area contributed by atoms with Gasteiger partial charge in [0, 0.05) is 19.4 Å². The van der Waals surface area contributed by atoms with Crippen LogP contribution in [0.4, 0.5) is 0 Å². The lowest BCUT2D eigenvalue weighted by atomic mass is 9.88. The normalized spacial score (nSPS) is 13.3. The Kier molecular flexibility index (Phi) is 7.58. The summed E-state index contributed by atoms with van der Waals surface area (Å²) in [6, 6.07) is 7.23. The molecule has 0 saturated heterocycles. The SMILES string of the molecule is CC(C)C(C)(CN)NC(=O)CCCc1nc2ccccc2c(=O)[nH]1.Cl. The number of nitrogens with two attached hydrogens (primary N) is 1. The summed E-state index contributed by atoms with van der Waals surface area (Å²) in [6.07, 6.45) is 1.54. The Balaban J connectivity index is 0.00000312. The number of H-pyrrole nitrogens is 1. The predicted molar refractivity (Wildman–Crippen MR) is 103 cm³/mol. The van der Waals surface area contributed by atoms with Crippen LogP contribution in [0, 0.1) is 5.92 Å². The Morgan fingerprint density at radius 1 is 1.36 bits per heavy atom. The van der Waals surface area contributed by atoms with Crippen LogP contribution in [-0.2, 0) is 11.2 Å². The Morgan fingerprint density at radius 3 is 2.68 bits per heavy atom. The summed E-state index contributed by atoms with van der Waals surface area (Å²) in [4.78, 5) is 31.4. The average Bonchev–Trinajstić information content (AvgIpc) is 2.54. The average molecular weight is 367 g/mol. The standard InChI is InChI=1S/C18H26N4O2.ClH/c1-12(2)18(3,11-19)22-16(23)10-6-9-15-20-14-8-5-4-7-13(14)17(24)21-15;/h4-5,7-8,12H,6,9-11,19H2,1-3H3,(H,22,23)(H,20,21,24);1H. The first-order chi connectivity index (χ1) is 11.4. The van der Waals surface area contributed by atoms with Gasteiger partial charge < -0.3 is 16.0 Å². The molecule has 0 saturated carbocycles. The van der Waals surface area contributed by atoms with Crippen LogP contribution < -0.4 is 16.6 Å². The molecule has 1 aromatic heterocycles. The van der Waals surface area contributed by atoms with E-state index in [1.54, 1.807) is 6.07 Å². The first kappa shape index (κ1) is 21.1. The van der Waals surface area contributed by atoms with Crippen LogP contribution in [0.15, 0.2) is 29.1 Å². The summed E-state index contributed by atoms with van der Waals surface area (Å²) < 4.78 is 0. The third-order valence-corrected chi connectivity index (χ3v) is 4.60. The van der Waals surface area contributed by atoms with Gasteiger partial charge >= 0.3 is 0 Å². The van der Waals surface area contributed by atoms with Crippen LogP contribution >= 0.6 is 12.4 Å². The Labute approximate surface area is 154 Å². The molecule has 1 amide bonds. The number of hydrogen-bond acceptors (Lipinski definition) is 4. The minimum Gasteiger partial charge on any atom is -0.349 e. The van der Waals surface area contributed by atoms with Gasteiger partial charge in [0.2, 0.25) is 5.91 Å². The van der Waals surface area contributed by atoms with E-state index < -0.39 is 5.54 Å². The molecule has 2 aromatic rings. The van der Waals surface area contributed by atoms with Crippen LogP contribution in [-0.4, -0.2) is 28.0 Å². The van der Waals surface area contributed by atoms with Crippen LogP contribution in [0.5, 0.6) is 0 Å². The van der Waals surface area contributed by atoms with Gasteiger partial charge in [0.1, 0.15) is 5.82 Å².